The summed E-state index contributed by atoms with van der Waals surface area (Å²) in [6.45, 7) is 3.11. The first-order valence-corrected chi connectivity index (χ1v) is 8.59. The van der Waals surface area contributed by atoms with E-state index in [9.17, 15) is 4.79 Å². The highest BCUT2D eigenvalue weighted by Crippen LogP contribution is 2.19. The fourth-order valence-corrected chi connectivity index (χ4v) is 3.25. The summed E-state index contributed by atoms with van der Waals surface area (Å²) in [6, 6.07) is 16.3. The van der Waals surface area contributed by atoms with Crippen molar-refractivity contribution in [1.29, 1.82) is 0 Å². The second kappa shape index (κ2) is 7.21. The van der Waals surface area contributed by atoms with Gasteiger partial charge in [-0.1, -0.05) is 52.3 Å². The van der Waals surface area contributed by atoms with Crippen molar-refractivity contribution >= 4 is 21.7 Å². The molecule has 0 saturated carbocycles. The third kappa shape index (κ3) is 3.84. The minimum absolute atomic E-state index is 0.241. The molecule has 0 atom stereocenters. The Bertz CT molecular complexity index is 651. The summed E-state index contributed by atoms with van der Waals surface area (Å²) in [5.41, 5.74) is 3.73. The molecule has 0 bridgehead atoms. The summed E-state index contributed by atoms with van der Waals surface area (Å²) in [6.07, 6.45) is 2.67. The molecule has 114 valence electrons. The highest BCUT2D eigenvalue weighted by Gasteiger charge is 2.15. The quantitative estimate of drug-likeness (QED) is 0.735. The van der Waals surface area contributed by atoms with Gasteiger partial charge in [0, 0.05) is 29.5 Å². The average molecular weight is 358 g/mol. The maximum absolute atomic E-state index is 12.2. The molecule has 0 unspecified atom stereocenters. The lowest BCUT2D eigenvalue weighted by Crippen LogP contribution is -2.31. The fourth-order valence-electron chi connectivity index (χ4n) is 2.99. The molecular formula is C19H20BrNO. The number of carbonyl (C=O) groups is 1. The average Bonchev–Trinajstić information content (AvgIpc) is 2.55. The third-order valence-corrected chi connectivity index (χ3v) is 4.78. The van der Waals surface area contributed by atoms with Crippen molar-refractivity contribution in [3.63, 3.8) is 0 Å². The van der Waals surface area contributed by atoms with E-state index in [0.717, 1.165) is 42.5 Å². The van der Waals surface area contributed by atoms with Crippen LogP contribution in [0.15, 0.2) is 53.0 Å². The van der Waals surface area contributed by atoms with E-state index < -0.39 is 0 Å². The molecule has 22 heavy (non-hydrogen) atoms. The predicted octanol–water partition coefficient (Wildman–Crippen LogP) is 4.47. The van der Waals surface area contributed by atoms with Crippen molar-refractivity contribution in [2.75, 3.05) is 13.1 Å². The van der Waals surface area contributed by atoms with Crippen LogP contribution in [0, 0.1) is 0 Å². The first kappa shape index (κ1) is 15.4. The number of ketones is 1. The maximum Gasteiger partial charge on any atom is 0.162 e. The second-order valence-corrected chi connectivity index (χ2v) is 6.74. The van der Waals surface area contributed by atoms with Gasteiger partial charge in [0.2, 0.25) is 0 Å². The summed E-state index contributed by atoms with van der Waals surface area (Å²) in [4.78, 5) is 14.6. The normalized spacial score (nSPS) is 14.6. The molecule has 0 N–H and O–H groups in total. The van der Waals surface area contributed by atoms with E-state index in [1.54, 1.807) is 0 Å². The summed E-state index contributed by atoms with van der Waals surface area (Å²) in [7, 11) is 0. The molecule has 0 saturated heterocycles. The molecule has 1 aliphatic heterocycles. The Labute approximate surface area is 140 Å². The van der Waals surface area contributed by atoms with Gasteiger partial charge in [0.25, 0.3) is 0 Å². The number of hydrogen-bond acceptors (Lipinski definition) is 2. The lowest BCUT2D eigenvalue weighted by Gasteiger charge is -2.28. The van der Waals surface area contributed by atoms with Gasteiger partial charge in [-0.05, 0) is 42.6 Å². The largest absolute Gasteiger partial charge is 0.299 e. The minimum Gasteiger partial charge on any atom is -0.299 e. The Morgan fingerprint density at radius 3 is 2.55 bits per heavy atom. The number of halogens is 1. The molecule has 1 aliphatic rings. The predicted molar refractivity (Wildman–Crippen MR) is 93.1 cm³/mol. The monoisotopic (exact) mass is 357 g/mol. The molecule has 0 fully saturated rings. The summed E-state index contributed by atoms with van der Waals surface area (Å²) in [5, 5.41) is 0. The van der Waals surface area contributed by atoms with Crippen LogP contribution in [0.3, 0.4) is 0 Å². The first-order valence-electron chi connectivity index (χ1n) is 7.80. The van der Waals surface area contributed by atoms with Gasteiger partial charge in [0.15, 0.2) is 5.78 Å². The Kier molecular flexibility index (Phi) is 5.06. The first-order chi connectivity index (χ1) is 10.7. The van der Waals surface area contributed by atoms with Crippen LogP contribution in [0.25, 0.3) is 0 Å². The molecule has 0 amide bonds. The zero-order chi connectivity index (χ0) is 15.4. The van der Waals surface area contributed by atoms with E-state index in [-0.39, 0.29) is 5.78 Å². The summed E-state index contributed by atoms with van der Waals surface area (Å²) >= 11 is 3.39. The van der Waals surface area contributed by atoms with E-state index in [0.29, 0.717) is 6.42 Å². The Morgan fingerprint density at radius 2 is 1.77 bits per heavy atom. The van der Waals surface area contributed by atoms with Crippen LogP contribution in [0.5, 0.6) is 0 Å². The van der Waals surface area contributed by atoms with Crippen LogP contribution in [0.4, 0.5) is 0 Å². The van der Waals surface area contributed by atoms with E-state index in [1.807, 2.05) is 24.3 Å². The van der Waals surface area contributed by atoms with Crippen molar-refractivity contribution in [2.24, 2.45) is 0 Å². The maximum atomic E-state index is 12.2. The van der Waals surface area contributed by atoms with Crippen LogP contribution in [0.2, 0.25) is 0 Å². The van der Waals surface area contributed by atoms with Gasteiger partial charge in [-0.15, -0.1) is 0 Å². The lowest BCUT2D eigenvalue weighted by atomic mass is 9.99. The van der Waals surface area contributed by atoms with E-state index in [1.165, 1.54) is 11.1 Å². The van der Waals surface area contributed by atoms with Gasteiger partial charge in [-0.25, -0.2) is 0 Å². The molecule has 2 nitrogen and oxygen atoms in total. The van der Waals surface area contributed by atoms with Crippen molar-refractivity contribution in [3.05, 3.63) is 69.7 Å². The second-order valence-electron chi connectivity index (χ2n) is 5.83. The SMILES string of the molecule is O=C(CCCN1CCc2ccccc2C1)c1ccc(Br)cc1. The highest BCUT2D eigenvalue weighted by molar-refractivity contribution is 9.10. The van der Waals surface area contributed by atoms with Crippen molar-refractivity contribution in [2.45, 2.75) is 25.8 Å². The molecule has 1 heterocycles. The molecule has 0 aliphatic carbocycles. The zero-order valence-corrected chi connectivity index (χ0v) is 14.2. The number of carbonyl (C=O) groups excluding carboxylic acids is 1. The van der Waals surface area contributed by atoms with Crippen molar-refractivity contribution < 1.29 is 4.79 Å². The number of benzene rings is 2. The van der Waals surface area contributed by atoms with Gasteiger partial charge in [0.05, 0.1) is 0 Å². The van der Waals surface area contributed by atoms with Crippen LogP contribution < -0.4 is 0 Å². The van der Waals surface area contributed by atoms with E-state index in [4.69, 9.17) is 0 Å². The minimum atomic E-state index is 0.241. The van der Waals surface area contributed by atoms with E-state index >= 15 is 0 Å². The van der Waals surface area contributed by atoms with Crippen LogP contribution >= 0.6 is 15.9 Å². The molecule has 2 aromatic rings. The van der Waals surface area contributed by atoms with Gasteiger partial charge >= 0.3 is 0 Å². The molecular weight excluding hydrogens is 338 g/mol. The van der Waals surface area contributed by atoms with Gasteiger partial charge in [-0.2, -0.15) is 0 Å². The van der Waals surface area contributed by atoms with Gasteiger partial charge in [0.1, 0.15) is 0 Å². The Balaban J connectivity index is 1.48. The number of nitrogens with zero attached hydrogens (tertiary/aromatic N) is 1. The van der Waals surface area contributed by atoms with Gasteiger partial charge in [-0.3, -0.25) is 9.69 Å². The molecule has 3 rings (SSSR count). The van der Waals surface area contributed by atoms with Crippen LogP contribution in [0.1, 0.15) is 34.3 Å². The lowest BCUT2D eigenvalue weighted by molar-refractivity contribution is 0.0973. The van der Waals surface area contributed by atoms with Gasteiger partial charge < -0.3 is 0 Å². The topological polar surface area (TPSA) is 20.3 Å². The van der Waals surface area contributed by atoms with Crippen LogP contribution in [-0.2, 0) is 13.0 Å². The standard InChI is InChI=1S/C19H20BrNO/c20-18-9-7-16(8-10-18)19(22)6-3-12-21-13-11-15-4-1-2-5-17(15)14-21/h1-2,4-5,7-10H,3,6,11-14H2. The molecule has 3 heteroatoms. The fraction of sp³-hybridized carbons (Fsp3) is 0.316. The summed E-state index contributed by atoms with van der Waals surface area (Å²) in [5.74, 6) is 0.241. The van der Waals surface area contributed by atoms with Crippen molar-refractivity contribution in [3.8, 4) is 0 Å². The number of Topliss-reactive ketones (excluding diaryl/α,β-unsaturated/α-hetero) is 1. The summed E-state index contributed by atoms with van der Waals surface area (Å²) < 4.78 is 1.01. The number of rotatable bonds is 5. The molecule has 0 radical (unpaired) electrons. The molecule has 0 aromatic heterocycles. The zero-order valence-electron chi connectivity index (χ0n) is 12.6. The van der Waals surface area contributed by atoms with Crippen molar-refractivity contribution in [1.82, 2.24) is 4.90 Å². The Morgan fingerprint density at radius 1 is 1.05 bits per heavy atom. The Hall–Kier alpha value is -1.45. The molecule has 0 spiro atoms. The number of fused-ring (bicyclic) bond motifs is 1. The van der Waals surface area contributed by atoms with E-state index in [2.05, 4.69) is 45.1 Å². The molecule has 2 aromatic carbocycles. The highest BCUT2D eigenvalue weighted by atomic mass is 79.9. The number of hydrogen-bond donors (Lipinski definition) is 0. The smallest absolute Gasteiger partial charge is 0.162 e. The van der Waals surface area contributed by atoms with Crippen LogP contribution in [-0.4, -0.2) is 23.8 Å². The third-order valence-electron chi connectivity index (χ3n) is 4.25.